The number of hydrogen-bond donors (Lipinski definition) is 2. The van der Waals surface area contributed by atoms with E-state index in [1.54, 1.807) is 7.05 Å². The molecular weight excluding hydrogens is 252 g/mol. The molecule has 3 N–H and O–H groups in total. The van der Waals surface area contributed by atoms with Gasteiger partial charge in [0.2, 0.25) is 10.0 Å². The second-order valence-corrected chi connectivity index (χ2v) is 7.05. The minimum absolute atomic E-state index is 0.0699. The van der Waals surface area contributed by atoms with Gasteiger partial charge in [-0.1, -0.05) is 6.92 Å². The lowest BCUT2D eigenvalue weighted by molar-refractivity contribution is 0.246. The van der Waals surface area contributed by atoms with Crippen LogP contribution >= 0.6 is 0 Å². The highest BCUT2D eigenvalue weighted by atomic mass is 32.2. The third-order valence-electron chi connectivity index (χ3n) is 3.79. The third kappa shape index (κ3) is 2.37. The van der Waals surface area contributed by atoms with Gasteiger partial charge >= 0.3 is 0 Å². The molecule has 1 fully saturated rings. The second-order valence-electron chi connectivity index (χ2n) is 5.08. The summed E-state index contributed by atoms with van der Waals surface area (Å²) in [6.07, 6.45) is 5.24. The van der Waals surface area contributed by atoms with Crippen LogP contribution in [0.1, 0.15) is 32.6 Å². The van der Waals surface area contributed by atoms with Gasteiger partial charge < -0.3 is 5.73 Å². The normalized spacial score (nSPS) is 25.5. The van der Waals surface area contributed by atoms with Gasteiger partial charge in [0.25, 0.3) is 0 Å². The molecule has 6 nitrogen and oxygen atoms in total. The molecule has 1 aromatic heterocycles. The first-order chi connectivity index (χ1) is 8.43. The molecule has 18 heavy (non-hydrogen) atoms. The fourth-order valence-corrected chi connectivity index (χ4v) is 3.87. The number of H-pyrrole nitrogens is 1. The van der Waals surface area contributed by atoms with Crippen LogP contribution in [0.25, 0.3) is 0 Å². The molecule has 0 radical (unpaired) electrons. The number of rotatable bonds is 3. The molecule has 1 aromatic rings. The van der Waals surface area contributed by atoms with E-state index in [4.69, 9.17) is 5.73 Å². The smallest absolute Gasteiger partial charge is 0.248 e. The Morgan fingerprint density at radius 2 is 2.00 bits per heavy atom. The lowest BCUT2D eigenvalue weighted by Gasteiger charge is -2.32. The van der Waals surface area contributed by atoms with Gasteiger partial charge in [0.05, 0.1) is 6.20 Å². The number of nitrogens with one attached hydrogen (secondary N) is 1. The average Bonchev–Trinajstić information content (AvgIpc) is 2.76. The predicted molar refractivity (Wildman–Crippen MR) is 69.4 cm³/mol. The van der Waals surface area contributed by atoms with Crippen molar-refractivity contribution >= 4 is 15.8 Å². The minimum Gasteiger partial charge on any atom is -0.383 e. The van der Waals surface area contributed by atoms with E-state index >= 15 is 0 Å². The Hall–Kier alpha value is -1.08. The Balaban J connectivity index is 2.18. The van der Waals surface area contributed by atoms with Crippen LogP contribution < -0.4 is 5.73 Å². The fourth-order valence-electron chi connectivity index (χ4n) is 2.45. The number of hydrogen-bond acceptors (Lipinski definition) is 4. The highest BCUT2D eigenvalue weighted by molar-refractivity contribution is 7.89. The molecule has 0 saturated heterocycles. The van der Waals surface area contributed by atoms with Crippen molar-refractivity contribution in [3.8, 4) is 0 Å². The zero-order chi connectivity index (χ0) is 13.3. The number of anilines is 1. The molecule has 0 aromatic carbocycles. The van der Waals surface area contributed by atoms with Gasteiger partial charge in [-0.15, -0.1) is 0 Å². The van der Waals surface area contributed by atoms with E-state index in [0.29, 0.717) is 5.92 Å². The van der Waals surface area contributed by atoms with Gasteiger partial charge in [-0.2, -0.15) is 9.40 Å². The van der Waals surface area contributed by atoms with E-state index < -0.39 is 10.0 Å². The van der Waals surface area contributed by atoms with Crippen LogP contribution in [-0.2, 0) is 10.0 Å². The standard InChI is InChI=1S/C11H20N4O2S/c1-8-3-5-9(6-4-8)15(2)18(16,17)10-7-13-14-11(10)12/h7-9H,3-6H2,1-2H3,(H3,12,13,14). The Bertz CT molecular complexity index is 503. The molecule has 102 valence electrons. The molecule has 2 rings (SSSR count). The number of nitrogens with zero attached hydrogens (tertiary/aromatic N) is 2. The van der Waals surface area contributed by atoms with Crippen LogP contribution in [0, 0.1) is 5.92 Å². The third-order valence-corrected chi connectivity index (χ3v) is 5.73. The number of nitrogen functional groups attached to an aromatic ring is 1. The van der Waals surface area contributed by atoms with Crippen molar-refractivity contribution in [1.82, 2.24) is 14.5 Å². The Morgan fingerprint density at radius 3 is 2.50 bits per heavy atom. The average molecular weight is 272 g/mol. The van der Waals surface area contributed by atoms with Crippen molar-refractivity contribution in [2.45, 2.75) is 43.5 Å². The Labute approximate surface area is 108 Å². The Kier molecular flexibility index (Phi) is 3.63. The first kappa shape index (κ1) is 13.4. The molecule has 1 aliphatic rings. The summed E-state index contributed by atoms with van der Waals surface area (Å²) in [4.78, 5) is 0.0728. The summed E-state index contributed by atoms with van der Waals surface area (Å²) >= 11 is 0. The van der Waals surface area contributed by atoms with E-state index in [1.807, 2.05) is 0 Å². The number of sulfonamides is 1. The number of aromatic amines is 1. The van der Waals surface area contributed by atoms with E-state index in [2.05, 4.69) is 17.1 Å². The molecular formula is C11H20N4O2S. The van der Waals surface area contributed by atoms with Crippen molar-refractivity contribution in [1.29, 1.82) is 0 Å². The molecule has 7 heteroatoms. The first-order valence-electron chi connectivity index (χ1n) is 6.19. The van der Waals surface area contributed by atoms with Crippen LogP contribution in [-0.4, -0.2) is 36.0 Å². The molecule has 0 amide bonds. The molecule has 0 atom stereocenters. The monoisotopic (exact) mass is 272 g/mol. The summed E-state index contributed by atoms with van der Waals surface area (Å²) in [5, 5.41) is 6.13. The SMILES string of the molecule is CC1CCC(N(C)S(=O)(=O)c2cn[nH]c2N)CC1. The van der Waals surface area contributed by atoms with Crippen LogP contribution in [0.15, 0.2) is 11.1 Å². The van der Waals surface area contributed by atoms with Crippen LogP contribution in [0.4, 0.5) is 5.82 Å². The summed E-state index contributed by atoms with van der Waals surface area (Å²) in [6.45, 7) is 2.21. The zero-order valence-electron chi connectivity index (χ0n) is 10.8. The minimum atomic E-state index is -3.53. The van der Waals surface area contributed by atoms with Crippen LogP contribution in [0.5, 0.6) is 0 Å². The van der Waals surface area contributed by atoms with Gasteiger partial charge in [0.15, 0.2) is 0 Å². The fraction of sp³-hybridized carbons (Fsp3) is 0.727. The van der Waals surface area contributed by atoms with Crippen LogP contribution in [0.3, 0.4) is 0 Å². The van der Waals surface area contributed by atoms with Gasteiger partial charge in [-0.3, -0.25) is 5.10 Å². The highest BCUT2D eigenvalue weighted by Gasteiger charge is 2.32. The molecule has 0 aliphatic heterocycles. The largest absolute Gasteiger partial charge is 0.383 e. The van der Waals surface area contributed by atoms with Gasteiger partial charge in [-0.25, -0.2) is 8.42 Å². The number of aromatic nitrogens is 2. The number of nitrogens with two attached hydrogens (primary N) is 1. The summed E-state index contributed by atoms with van der Waals surface area (Å²) in [5.41, 5.74) is 5.59. The van der Waals surface area contributed by atoms with E-state index in [-0.39, 0.29) is 16.8 Å². The maximum Gasteiger partial charge on any atom is 0.248 e. The predicted octanol–water partition coefficient (Wildman–Crippen LogP) is 1.19. The summed E-state index contributed by atoms with van der Waals surface area (Å²) in [5.74, 6) is 0.794. The molecule has 1 heterocycles. The van der Waals surface area contributed by atoms with E-state index in [9.17, 15) is 8.42 Å². The van der Waals surface area contributed by atoms with Crippen molar-refractivity contribution < 1.29 is 8.42 Å². The lowest BCUT2D eigenvalue weighted by Crippen LogP contribution is -2.39. The summed E-state index contributed by atoms with van der Waals surface area (Å²) in [6, 6.07) is 0.0699. The maximum absolute atomic E-state index is 12.4. The molecule has 0 unspecified atom stereocenters. The van der Waals surface area contributed by atoms with Crippen LogP contribution in [0.2, 0.25) is 0 Å². The first-order valence-corrected chi connectivity index (χ1v) is 7.64. The summed E-state index contributed by atoms with van der Waals surface area (Å²) < 4.78 is 26.2. The molecule has 1 aliphatic carbocycles. The van der Waals surface area contributed by atoms with E-state index in [0.717, 1.165) is 25.7 Å². The van der Waals surface area contributed by atoms with Gasteiger partial charge in [0, 0.05) is 13.1 Å². The quantitative estimate of drug-likeness (QED) is 0.864. The van der Waals surface area contributed by atoms with Gasteiger partial charge in [-0.05, 0) is 31.6 Å². The molecule has 0 spiro atoms. The van der Waals surface area contributed by atoms with Gasteiger partial charge in [0.1, 0.15) is 10.7 Å². The lowest BCUT2D eigenvalue weighted by atomic mass is 9.87. The second kappa shape index (κ2) is 4.89. The van der Waals surface area contributed by atoms with Crippen molar-refractivity contribution in [2.75, 3.05) is 12.8 Å². The Morgan fingerprint density at radius 1 is 1.39 bits per heavy atom. The zero-order valence-corrected chi connectivity index (χ0v) is 11.6. The highest BCUT2D eigenvalue weighted by Crippen LogP contribution is 2.30. The molecule has 0 bridgehead atoms. The maximum atomic E-state index is 12.4. The van der Waals surface area contributed by atoms with Crippen molar-refractivity contribution in [3.05, 3.63) is 6.20 Å². The topological polar surface area (TPSA) is 92.1 Å². The summed E-state index contributed by atoms with van der Waals surface area (Å²) in [7, 11) is -1.90. The molecule has 1 saturated carbocycles. The van der Waals surface area contributed by atoms with Crippen molar-refractivity contribution in [3.63, 3.8) is 0 Å². The van der Waals surface area contributed by atoms with Crippen molar-refractivity contribution in [2.24, 2.45) is 5.92 Å². The van der Waals surface area contributed by atoms with E-state index in [1.165, 1.54) is 10.5 Å².